The van der Waals surface area contributed by atoms with Gasteiger partial charge in [-0.2, -0.15) is 0 Å². The highest BCUT2D eigenvalue weighted by atomic mass is 16.5. The maximum atomic E-state index is 8.42. The van der Waals surface area contributed by atoms with E-state index < -0.39 is 14.6 Å². The second-order valence-corrected chi connectivity index (χ2v) is 16.7. The van der Waals surface area contributed by atoms with Crippen LogP contribution in [0, 0.1) is 0 Å². The summed E-state index contributed by atoms with van der Waals surface area (Å²) in [6, 6.07) is 0. The van der Waals surface area contributed by atoms with E-state index in [-0.39, 0.29) is 0 Å². The summed E-state index contributed by atoms with van der Waals surface area (Å²) < 4.78 is 6.00. The molecule has 0 aromatic carbocycles. The van der Waals surface area contributed by atoms with Crippen LogP contribution in [0.3, 0.4) is 0 Å². The second-order valence-electron chi connectivity index (χ2n) is 16.7. The highest BCUT2D eigenvalue weighted by molar-refractivity contribution is 6.24. The Kier molecular flexibility index (Phi) is 40.6. The molecule has 0 bridgehead atoms. The molecular formula is C24H72B2N6O6. The summed E-state index contributed by atoms with van der Waals surface area (Å²) in [5.41, 5.74) is 0. The summed E-state index contributed by atoms with van der Waals surface area (Å²) in [6.45, 7) is 0. The van der Waals surface area contributed by atoms with Crippen molar-refractivity contribution in [1.29, 1.82) is 0 Å². The van der Waals surface area contributed by atoms with Gasteiger partial charge in [0, 0.05) is 0 Å². The largest absolute Gasteiger partial charge is 0.907 e. The van der Waals surface area contributed by atoms with Crippen molar-refractivity contribution in [1.82, 2.24) is 0 Å². The topological polar surface area (TPSA) is 138 Å². The van der Waals surface area contributed by atoms with Crippen molar-refractivity contribution in [3.8, 4) is 0 Å². The number of hydrogen-bond donors (Lipinski definition) is 0. The van der Waals surface area contributed by atoms with Crippen molar-refractivity contribution in [3.05, 3.63) is 0 Å². The van der Waals surface area contributed by atoms with Crippen LogP contribution in [0.4, 0.5) is 0 Å². The van der Waals surface area contributed by atoms with Gasteiger partial charge in [-0.3, -0.25) is 14.6 Å². The molecule has 0 spiro atoms. The number of quaternary nitrogens is 6. The van der Waals surface area contributed by atoms with Gasteiger partial charge in [-0.1, -0.05) is 0 Å². The second kappa shape index (κ2) is 26.9. The van der Waals surface area contributed by atoms with Crippen LogP contribution in [-0.2, 0) is 0 Å². The molecule has 0 amide bonds. The average Bonchev–Trinajstić information content (AvgIpc) is 2.20. The van der Waals surface area contributed by atoms with Gasteiger partial charge in [0.25, 0.3) is 0 Å². The molecule has 14 heteroatoms. The molecule has 38 heavy (non-hydrogen) atoms. The molecule has 0 N–H and O–H groups in total. The van der Waals surface area contributed by atoms with Crippen molar-refractivity contribution < 1.29 is 57.0 Å². The minimum absolute atomic E-state index is 1.00. The first-order valence-corrected chi connectivity index (χ1v) is 12.1. The van der Waals surface area contributed by atoms with Crippen LogP contribution in [0.25, 0.3) is 0 Å². The molecule has 240 valence electrons. The van der Waals surface area contributed by atoms with E-state index in [2.05, 4.69) is 169 Å². The van der Waals surface area contributed by atoms with Crippen molar-refractivity contribution in [3.63, 3.8) is 0 Å². The maximum Gasteiger partial charge on any atom is 0.0675 e. The fourth-order valence-corrected chi connectivity index (χ4v) is 0. The Hall–Kier alpha value is -0.350. The zero-order valence-electron chi connectivity index (χ0n) is 30.3. The summed E-state index contributed by atoms with van der Waals surface area (Å²) in [4.78, 5) is 0. The Balaban J connectivity index is -0.0000000452. The third-order valence-electron chi connectivity index (χ3n) is 0. The van der Waals surface area contributed by atoms with Crippen molar-refractivity contribution in [2.45, 2.75) is 0 Å². The molecule has 0 aromatic heterocycles. The molecule has 0 radical (unpaired) electrons. The Morgan fingerprint density at radius 3 is 0.211 bits per heavy atom. The van der Waals surface area contributed by atoms with Crippen LogP contribution in [0.15, 0.2) is 0 Å². The van der Waals surface area contributed by atoms with E-state index in [1.807, 2.05) is 0 Å². The highest BCUT2D eigenvalue weighted by Gasteiger charge is 1.90. The molecular weight excluding hydrogens is 490 g/mol. The van der Waals surface area contributed by atoms with Crippen LogP contribution < -0.4 is 30.1 Å². The van der Waals surface area contributed by atoms with Gasteiger partial charge in [0.15, 0.2) is 0 Å². The molecule has 0 saturated carbocycles. The summed E-state index contributed by atoms with van der Waals surface area (Å²) in [6.07, 6.45) is 0. The molecule has 0 atom stereocenters. The summed E-state index contributed by atoms with van der Waals surface area (Å²) >= 11 is 0. The van der Waals surface area contributed by atoms with Gasteiger partial charge < -0.3 is 57.0 Å². The molecule has 12 nitrogen and oxygen atoms in total. The molecule has 0 aromatic rings. The average molecular weight is 563 g/mol. The van der Waals surface area contributed by atoms with Crippen LogP contribution in [0.2, 0.25) is 0 Å². The van der Waals surface area contributed by atoms with Gasteiger partial charge in [0.2, 0.25) is 0 Å². The minimum Gasteiger partial charge on any atom is -0.907 e. The number of hydrogen-bond acceptors (Lipinski definition) is 6. The van der Waals surface area contributed by atoms with Gasteiger partial charge in [0.1, 0.15) is 0 Å². The maximum absolute atomic E-state index is 8.42. The Bertz CT molecular complexity index is 308. The van der Waals surface area contributed by atoms with E-state index in [4.69, 9.17) is 30.1 Å². The minimum atomic E-state index is -2.92. The lowest BCUT2D eigenvalue weighted by atomic mass is 10.3. The van der Waals surface area contributed by atoms with Crippen molar-refractivity contribution in [2.75, 3.05) is 169 Å². The Morgan fingerprint density at radius 1 is 0.211 bits per heavy atom. The van der Waals surface area contributed by atoms with Crippen molar-refractivity contribution >= 4 is 14.6 Å². The van der Waals surface area contributed by atoms with Crippen LogP contribution in [-0.4, -0.2) is 211 Å². The zero-order chi connectivity index (χ0) is 34.2. The molecule has 0 unspecified atom stereocenters. The summed E-state index contributed by atoms with van der Waals surface area (Å²) in [5.74, 6) is 0. The van der Waals surface area contributed by atoms with E-state index in [1.165, 1.54) is 0 Å². The smallest absolute Gasteiger partial charge is 0.0675 e. The number of nitrogens with zero attached hydrogens (tertiary/aromatic N) is 6. The lowest BCUT2D eigenvalue weighted by Crippen LogP contribution is -2.56. The van der Waals surface area contributed by atoms with Gasteiger partial charge >= 0.3 is 0 Å². The van der Waals surface area contributed by atoms with E-state index in [0.29, 0.717) is 0 Å². The van der Waals surface area contributed by atoms with E-state index >= 15 is 0 Å². The molecule has 0 aliphatic carbocycles. The molecule has 0 rings (SSSR count). The fourth-order valence-electron chi connectivity index (χ4n) is 0. The first kappa shape index (κ1) is 57.5. The van der Waals surface area contributed by atoms with E-state index in [0.717, 1.165) is 26.9 Å². The monoisotopic (exact) mass is 563 g/mol. The van der Waals surface area contributed by atoms with Gasteiger partial charge in [-0.15, -0.1) is 0 Å². The molecule has 0 heterocycles. The Morgan fingerprint density at radius 2 is 0.211 bits per heavy atom. The van der Waals surface area contributed by atoms with E-state index in [1.54, 1.807) is 0 Å². The highest BCUT2D eigenvalue weighted by Crippen LogP contribution is 1.75. The zero-order valence-corrected chi connectivity index (χ0v) is 30.3. The van der Waals surface area contributed by atoms with Crippen LogP contribution >= 0.6 is 0 Å². The van der Waals surface area contributed by atoms with Crippen molar-refractivity contribution in [2.24, 2.45) is 0 Å². The van der Waals surface area contributed by atoms with Gasteiger partial charge in [-0.05, 0) is 0 Å². The lowest BCUT2D eigenvalue weighted by Gasteiger charge is -2.35. The summed E-state index contributed by atoms with van der Waals surface area (Å²) in [5, 5.41) is 50.5. The normalized spacial score (nSPS) is 10.9. The predicted octanol–water partition coefficient (Wildman–Crippen LogP) is -5.96. The molecule has 0 aliphatic rings. The SMILES string of the molecule is C[N+](C)(C)C.C[N+](C)(C)C.C[N+](C)(C)C.C[N+](C)(C)C.C[N+](C)(C)C.C[N+](C)(C)C.[O-]B([O-])[O-].[O-]B([O-])[O-]. The predicted molar refractivity (Wildman–Crippen MR) is 155 cm³/mol. The summed E-state index contributed by atoms with van der Waals surface area (Å²) in [7, 11) is 45.2. The van der Waals surface area contributed by atoms with E-state index in [9.17, 15) is 0 Å². The third kappa shape index (κ3) is 349000. The fraction of sp³-hybridized carbons (Fsp3) is 1.00. The van der Waals surface area contributed by atoms with Gasteiger partial charge in [0.05, 0.1) is 169 Å². The Labute approximate surface area is 241 Å². The quantitative estimate of drug-likeness (QED) is 0.213. The molecule has 0 fully saturated rings. The first-order chi connectivity index (χ1) is 15.5. The standard InChI is InChI=1S/6C4H12N.2BO3/c6*1-5(2,3)4;2*2-1(3)4/h6*1-4H3;;/q6*+1;2*-3. The molecule has 0 saturated heterocycles. The third-order valence-corrected chi connectivity index (χ3v) is 0. The lowest BCUT2D eigenvalue weighted by molar-refractivity contribution is -0.849. The first-order valence-electron chi connectivity index (χ1n) is 12.1. The number of rotatable bonds is 0. The molecule has 0 aliphatic heterocycles. The van der Waals surface area contributed by atoms with Crippen LogP contribution in [0.5, 0.6) is 0 Å². The van der Waals surface area contributed by atoms with Crippen LogP contribution in [0.1, 0.15) is 0 Å². The van der Waals surface area contributed by atoms with Gasteiger partial charge in [-0.25, -0.2) is 0 Å².